The van der Waals surface area contributed by atoms with E-state index in [2.05, 4.69) is 5.32 Å². The van der Waals surface area contributed by atoms with Gasteiger partial charge < -0.3 is 10.4 Å². The van der Waals surface area contributed by atoms with Crippen molar-refractivity contribution in [1.82, 2.24) is 14.6 Å². The van der Waals surface area contributed by atoms with Crippen LogP contribution in [0.25, 0.3) is 0 Å². The van der Waals surface area contributed by atoms with Crippen LogP contribution in [0, 0.1) is 12.7 Å². The maximum atomic E-state index is 14.2. The number of nitrogens with zero attached hydrogens (tertiary/aromatic N) is 2. The molecule has 0 unspecified atom stereocenters. The van der Waals surface area contributed by atoms with Crippen LogP contribution in [-0.4, -0.2) is 33.4 Å². The van der Waals surface area contributed by atoms with Crippen LogP contribution in [0.3, 0.4) is 0 Å². The van der Waals surface area contributed by atoms with Crippen LogP contribution in [0.5, 0.6) is 0 Å². The first kappa shape index (κ1) is 20.3. The molecule has 0 atom stereocenters. The first-order valence-corrected chi connectivity index (χ1v) is 8.21. The van der Waals surface area contributed by atoms with E-state index in [1.54, 1.807) is 19.9 Å². The van der Waals surface area contributed by atoms with E-state index < -0.39 is 28.5 Å². The summed E-state index contributed by atoms with van der Waals surface area (Å²) in [7, 11) is 1.23. The van der Waals surface area contributed by atoms with Crippen molar-refractivity contribution in [2.45, 2.75) is 20.4 Å². The van der Waals surface area contributed by atoms with Gasteiger partial charge in [-0.2, -0.15) is 0 Å². The molecule has 1 aromatic carbocycles. The summed E-state index contributed by atoms with van der Waals surface area (Å²) in [5.74, 6) is -1.69. The molecule has 10 heteroatoms. The van der Waals surface area contributed by atoms with Gasteiger partial charge in [-0.05, 0) is 31.5 Å². The Bertz CT molecular complexity index is 967. The molecule has 0 spiro atoms. The van der Waals surface area contributed by atoms with Gasteiger partial charge in [0.05, 0.1) is 18.9 Å². The van der Waals surface area contributed by atoms with Crippen molar-refractivity contribution < 1.29 is 19.1 Å². The van der Waals surface area contributed by atoms with Crippen molar-refractivity contribution in [1.29, 1.82) is 0 Å². The van der Waals surface area contributed by atoms with Crippen LogP contribution in [0.15, 0.2) is 27.8 Å². The lowest BCUT2D eigenvalue weighted by Crippen LogP contribution is -2.44. The lowest BCUT2D eigenvalue weighted by atomic mass is 10.2. The molecule has 1 amide bonds. The smallest absolute Gasteiger partial charge is 0.332 e. The Morgan fingerprint density at radius 2 is 2.04 bits per heavy atom. The van der Waals surface area contributed by atoms with Crippen LogP contribution in [0.2, 0.25) is 0 Å². The molecule has 1 heterocycles. The summed E-state index contributed by atoms with van der Waals surface area (Å²) in [6.07, 6.45) is 0. The molecule has 146 valence electrons. The number of aliphatic hydroxyl groups is 1. The van der Waals surface area contributed by atoms with Gasteiger partial charge in [-0.3, -0.25) is 23.6 Å². The van der Waals surface area contributed by atoms with Gasteiger partial charge in [0.15, 0.2) is 0 Å². The Morgan fingerprint density at radius 1 is 1.33 bits per heavy atom. The van der Waals surface area contributed by atoms with Crippen LogP contribution >= 0.6 is 0 Å². The second-order valence-electron chi connectivity index (χ2n) is 5.73. The number of amides is 1. The third-order valence-corrected chi connectivity index (χ3v) is 3.82. The molecule has 1 aromatic heterocycles. The lowest BCUT2D eigenvalue weighted by molar-refractivity contribution is 0.0167. The number of aliphatic hydroxyl groups excluding tert-OH is 1. The Morgan fingerprint density at radius 3 is 2.63 bits per heavy atom. The van der Waals surface area contributed by atoms with Crippen LogP contribution in [0.1, 0.15) is 22.8 Å². The summed E-state index contributed by atoms with van der Waals surface area (Å²) in [5, 5.41) is 11.4. The minimum absolute atomic E-state index is 0.000722. The number of carbonyl (C=O) groups excluding carboxylic acids is 1. The van der Waals surface area contributed by atoms with E-state index in [1.165, 1.54) is 19.2 Å². The molecule has 0 saturated heterocycles. The largest absolute Gasteiger partial charge is 0.394 e. The lowest BCUT2D eigenvalue weighted by Gasteiger charge is -2.18. The molecule has 0 bridgehead atoms. The van der Waals surface area contributed by atoms with Gasteiger partial charge in [-0.25, -0.2) is 14.7 Å². The number of aromatic nitrogens is 2. The normalized spacial score (nSPS) is 10.7. The van der Waals surface area contributed by atoms with Gasteiger partial charge in [-0.1, -0.05) is 6.07 Å². The van der Waals surface area contributed by atoms with Crippen LogP contribution in [0.4, 0.5) is 15.9 Å². The number of hydrogen-bond donors (Lipinski definition) is 3. The van der Waals surface area contributed by atoms with Gasteiger partial charge in [-0.15, -0.1) is 0 Å². The van der Waals surface area contributed by atoms with E-state index in [1.807, 2.05) is 5.48 Å². The Balaban J connectivity index is 2.63. The fourth-order valence-electron chi connectivity index (χ4n) is 2.46. The molecule has 0 fully saturated rings. The third kappa shape index (κ3) is 4.23. The highest BCUT2D eigenvalue weighted by atomic mass is 19.1. The standard InChI is InChI=1S/C17H21FN4O5/c1-4-22-14(19-12-6-5-10(2)9-11(12)18)13(15(24)20-27-8-7-23)16(25)21(3)17(22)26/h5-6,9,19,23H,4,7-8H2,1-3H3,(H,20,24). The third-order valence-electron chi connectivity index (χ3n) is 3.82. The van der Waals surface area contributed by atoms with E-state index >= 15 is 0 Å². The second-order valence-corrected chi connectivity index (χ2v) is 5.73. The summed E-state index contributed by atoms with van der Waals surface area (Å²) in [6, 6.07) is 4.36. The molecule has 9 nitrogen and oxygen atoms in total. The summed E-state index contributed by atoms with van der Waals surface area (Å²) < 4.78 is 16.2. The van der Waals surface area contributed by atoms with Gasteiger partial charge in [0, 0.05) is 13.6 Å². The molecule has 0 radical (unpaired) electrons. The van der Waals surface area contributed by atoms with Gasteiger partial charge in [0.25, 0.3) is 11.5 Å². The van der Waals surface area contributed by atoms with Crippen LogP contribution < -0.4 is 22.0 Å². The molecule has 0 aliphatic heterocycles. The average Bonchev–Trinajstić information content (AvgIpc) is 2.62. The van der Waals surface area contributed by atoms with E-state index in [0.29, 0.717) is 5.56 Å². The zero-order valence-corrected chi connectivity index (χ0v) is 15.2. The van der Waals surface area contributed by atoms with E-state index in [4.69, 9.17) is 9.94 Å². The van der Waals surface area contributed by atoms with E-state index in [-0.39, 0.29) is 31.3 Å². The zero-order chi connectivity index (χ0) is 20.1. The predicted octanol–water partition coefficient (Wildman–Crippen LogP) is 0.412. The zero-order valence-electron chi connectivity index (χ0n) is 15.2. The molecule has 3 N–H and O–H groups in total. The number of hydroxylamine groups is 1. The molecule has 0 aliphatic carbocycles. The minimum Gasteiger partial charge on any atom is -0.394 e. The number of aryl methyl sites for hydroxylation is 1. The van der Waals surface area contributed by atoms with Crippen molar-refractivity contribution in [3.05, 3.63) is 56.0 Å². The van der Waals surface area contributed by atoms with Gasteiger partial charge in [0.1, 0.15) is 17.2 Å². The fourth-order valence-corrected chi connectivity index (χ4v) is 2.46. The number of rotatable bonds is 7. The molecule has 0 saturated carbocycles. The first-order valence-electron chi connectivity index (χ1n) is 8.21. The first-order chi connectivity index (χ1) is 12.8. The molecular formula is C17H21FN4O5. The van der Waals surface area contributed by atoms with Crippen molar-refractivity contribution in [2.75, 3.05) is 18.5 Å². The highest BCUT2D eigenvalue weighted by Crippen LogP contribution is 2.22. The van der Waals surface area contributed by atoms with Gasteiger partial charge >= 0.3 is 5.69 Å². The number of halogens is 1. The topological polar surface area (TPSA) is 115 Å². The maximum absolute atomic E-state index is 14.2. The summed E-state index contributed by atoms with van der Waals surface area (Å²) in [5.41, 5.74) is 0.762. The van der Waals surface area contributed by atoms with Gasteiger partial charge in [0.2, 0.25) is 0 Å². The van der Waals surface area contributed by atoms with Crippen LogP contribution in [-0.2, 0) is 18.4 Å². The maximum Gasteiger partial charge on any atom is 0.332 e. The fraction of sp³-hybridized carbons (Fsp3) is 0.353. The molecule has 0 aliphatic rings. The summed E-state index contributed by atoms with van der Waals surface area (Å²) in [6.45, 7) is 2.96. The minimum atomic E-state index is -0.929. The summed E-state index contributed by atoms with van der Waals surface area (Å²) in [4.78, 5) is 42.1. The summed E-state index contributed by atoms with van der Waals surface area (Å²) >= 11 is 0. The van der Waals surface area contributed by atoms with E-state index in [0.717, 1.165) is 9.13 Å². The van der Waals surface area contributed by atoms with Crippen molar-refractivity contribution >= 4 is 17.4 Å². The predicted molar refractivity (Wildman–Crippen MR) is 96.5 cm³/mol. The van der Waals surface area contributed by atoms with Crippen molar-refractivity contribution in [3.63, 3.8) is 0 Å². The van der Waals surface area contributed by atoms with Crippen molar-refractivity contribution in [2.24, 2.45) is 7.05 Å². The average molecular weight is 380 g/mol. The highest BCUT2D eigenvalue weighted by Gasteiger charge is 2.24. The van der Waals surface area contributed by atoms with Crippen molar-refractivity contribution in [3.8, 4) is 0 Å². The Kier molecular flexibility index (Phi) is 6.48. The monoisotopic (exact) mass is 380 g/mol. The SMILES string of the molecule is CCn1c(Nc2ccc(C)cc2F)c(C(=O)NOCCO)c(=O)n(C)c1=O. The molecular weight excluding hydrogens is 359 g/mol. The number of anilines is 2. The highest BCUT2D eigenvalue weighted by molar-refractivity contribution is 5.98. The number of hydrogen-bond acceptors (Lipinski definition) is 6. The second kappa shape index (κ2) is 8.60. The Hall–Kier alpha value is -2.98. The number of nitrogens with one attached hydrogen (secondary N) is 2. The molecule has 2 rings (SSSR count). The Labute approximate surface area is 154 Å². The quantitative estimate of drug-likeness (QED) is 0.474. The van der Waals surface area contributed by atoms with E-state index in [9.17, 15) is 18.8 Å². The number of carbonyl (C=O) groups is 1. The molecule has 27 heavy (non-hydrogen) atoms. The molecule has 2 aromatic rings. The number of benzene rings is 1.